The van der Waals surface area contributed by atoms with Crippen LogP contribution < -0.4 is 10.5 Å². The first-order valence-corrected chi connectivity index (χ1v) is 13.3. The molecule has 0 saturated heterocycles. The van der Waals surface area contributed by atoms with Crippen molar-refractivity contribution in [2.45, 2.75) is 72.1 Å². The van der Waals surface area contributed by atoms with Crippen LogP contribution in [0.4, 0.5) is 0 Å². The highest BCUT2D eigenvalue weighted by Gasteiger charge is 2.39. The fourth-order valence-corrected chi connectivity index (χ4v) is 4.59. The molecule has 0 radical (unpaired) electrons. The van der Waals surface area contributed by atoms with Gasteiger partial charge in [0.05, 0.1) is 5.92 Å². The Labute approximate surface area is 221 Å². The van der Waals surface area contributed by atoms with Gasteiger partial charge in [-0.15, -0.1) is 0 Å². The average Bonchev–Trinajstić information content (AvgIpc) is 3.02. The average molecular weight is 507 g/mol. The van der Waals surface area contributed by atoms with Crippen molar-refractivity contribution in [1.29, 1.82) is 0 Å². The fourth-order valence-electron chi connectivity index (χ4n) is 4.59. The van der Waals surface area contributed by atoms with E-state index < -0.39 is 17.6 Å². The molecule has 37 heavy (non-hydrogen) atoms. The molecule has 1 aliphatic rings. The monoisotopic (exact) mass is 506 g/mol. The van der Waals surface area contributed by atoms with E-state index in [0.29, 0.717) is 32.5 Å². The van der Waals surface area contributed by atoms with E-state index in [0.717, 1.165) is 28.9 Å². The number of benzene rings is 2. The molecule has 0 aromatic heterocycles. The lowest BCUT2D eigenvalue weighted by Gasteiger charge is -2.36. The Morgan fingerprint density at radius 2 is 1.76 bits per heavy atom. The van der Waals surface area contributed by atoms with Gasteiger partial charge in [-0.3, -0.25) is 4.79 Å². The molecule has 1 heterocycles. The number of hydrogen-bond donors (Lipinski definition) is 1. The Hall–Kier alpha value is -3.12. The molecule has 0 fully saturated rings. The maximum absolute atomic E-state index is 13.9. The number of ether oxygens (including phenoxy) is 2. The third-order valence-electron chi connectivity index (χ3n) is 6.77. The van der Waals surface area contributed by atoms with Crippen LogP contribution in [0.5, 0.6) is 5.75 Å². The lowest BCUT2D eigenvalue weighted by Crippen LogP contribution is -2.52. The predicted molar refractivity (Wildman–Crippen MR) is 147 cm³/mol. The molecule has 2 N–H and O–H groups in total. The van der Waals surface area contributed by atoms with Crippen LogP contribution in [-0.2, 0) is 27.4 Å². The van der Waals surface area contributed by atoms with Crippen LogP contribution in [0.2, 0.25) is 0 Å². The van der Waals surface area contributed by atoms with Gasteiger partial charge < -0.3 is 20.1 Å². The standard InChI is InChI=1S/C31H42N2O4/c1-6-22(2)28(30(35)37-31(3,4)5)33-17-16-25(20-32)19-26(29(33)34)18-23-12-14-27(15-13-23)36-21-24-10-8-7-9-11-24/h7-15,19,22,26,28H,6,16-18,20-21,32H2,1-5H3/t22-,26?,28-/m0/s1. The summed E-state index contributed by atoms with van der Waals surface area (Å²) in [5.41, 5.74) is 8.57. The van der Waals surface area contributed by atoms with E-state index in [9.17, 15) is 9.59 Å². The van der Waals surface area contributed by atoms with Crippen LogP contribution >= 0.6 is 0 Å². The molecule has 0 saturated carbocycles. The summed E-state index contributed by atoms with van der Waals surface area (Å²) in [6.45, 7) is 11.0. The minimum atomic E-state index is -0.626. The first kappa shape index (κ1) is 28.5. The van der Waals surface area contributed by atoms with Crippen molar-refractivity contribution < 1.29 is 19.1 Å². The third kappa shape index (κ3) is 8.19. The third-order valence-corrected chi connectivity index (χ3v) is 6.77. The van der Waals surface area contributed by atoms with Crippen LogP contribution in [0, 0.1) is 11.8 Å². The highest BCUT2D eigenvalue weighted by molar-refractivity contribution is 5.87. The predicted octanol–water partition coefficient (Wildman–Crippen LogP) is 5.30. The van der Waals surface area contributed by atoms with Crippen molar-refractivity contribution in [1.82, 2.24) is 4.90 Å². The summed E-state index contributed by atoms with van der Waals surface area (Å²) in [5.74, 6) is -0.0403. The largest absolute Gasteiger partial charge is 0.489 e. The van der Waals surface area contributed by atoms with Crippen LogP contribution in [-0.4, -0.2) is 41.5 Å². The van der Waals surface area contributed by atoms with Crippen LogP contribution in [0.25, 0.3) is 0 Å². The highest BCUT2D eigenvalue weighted by Crippen LogP contribution is 2.28. The summed E-state index contributed by atoms with van der Waals surface area (Å²) >= 11 is 0. The molecule has 1 unspecified atom stereocenters. The van der Waals surface area contributed by atoms with E-state index in [-0.39, 0.29) is 17.8 Å². The van der Waals surface area contributed by atoms with Crippen molar-refractivity contribution in [2.75, 3.05) is 13.1 Å². The lowest BCUT2D eigenvalue weighted by atomic mass is 9.93. The summed E-state index contributed by atoms with van der Waals surface area (Å²) < 4.78 is 11.7. The number of nitrogens with two attached hydrogens (primary N) is 1. The smallest absolute Gasteiger partial charge is 0.329 e. The summed E-state index contributed by atoms with van der Waals surface area (Å²) in [6, 6.07) is 17.3. The van der Waals surface area contributed by atoms with Gasteiger partial charge in [0.1, 0.15) is 24.0 Å². The molecule has 0 bridgehead atoms. The zero-order valence-electron chi connectivity index (χ0n) is 22.9. The second-order valence-electron chi connectivity index (χ2n) is 10.9. The van der Waals surface area contributed by atoms with Gasteiger partial charge in [-0.2, -0.15) is 0 Å². The summed E-state index contributed by atoms with van der Waals surface area (Å²) in [5, 5.41) is 0. The number of carbonyl (C=O) groups is 2. The molecule has 0 aliphatic carbocycles. The van der Waals surface area contributed by atoms with E-state index in [1.54, 1.807) is 4.90 Å². The van der Waals surface area contributed by atoms with Crippen LogP contribution in [0.1, 0.15) is 58.6 Å². The summed E-state index contributed by atoms with van der Waals surface area (Å²) in [4.78, 5) is 28.9. The first-order chi connectivity index (χ1) is 17.6. The molecule has 2 aromatic rings. The van der Waals surface area contributed by atoms with Gasteiger partial charge in [0.25, 0.3) is 0 Å². The highest BCUT2D eigenvalue weighted by atomic mass is 16.6. The minimum Gasteiger partial charge on any atom is -0.489 e. The van der Waals surface area contributed by atoms with Gasteiger partial charge >= 0.3 is 5.97 Å². The molecule has 6 heteroatoms. The van der Waals surface area contributed by atoms with Crippen molar-refractivity contribution in [3.8, 4) is 5.75 Å². The maximum Gasteiger partial charge on any atom is 0.329 e. The van der Waals surface area contributed by atoms with E-state index in [4.69, 9.17) is 15.2 Å². The minimum absolute atomic E-state index is 0.0278. The molecule has 1 aliphatic heterocycles. The second kappa shape index (κ2) is 12.9. The molecule has 1 amide bonds. The topological polar surface area (TPSA) is 81.9 Å². The van der Waals surface area contributed by atoms with Crippen LogP contribution in [0.15, 0.2) is 66.2 Å². The number of rotatable bonds is 10. The molecular weight excluding hydrogens is 464 g/mol. The van der Waals surface area contributed by atoms with Crippen molar-refractivity contribution >= 4 is 11.9 Å². The van der Waals surface area contributed by atoms with E-state index in [1.807, 2.05) is 95.3 Å². The van der Waals surface area contributed by atoms with Gasteiger partial charge in [-0.1, -0.05) is 74.4 Å². The number of esters is 1. The van der Waals surface area contributed by atoms with Crippen molar-refractivity contribution in [2.24, 2.45) is 17.6 Å². The zero-order valence-corrected chi connectivity index (χ0v) is 22.9. The zero-order chi connectivity index (χ0) is 27.0. The molecule has 200 valence electrons. The number of nitrogens with zero attached hydrogens (tertiary/aromatic N) is 1. The number of carbonyl (C=O) groups excluding carboxylic acids is 2. The normalized spacial score (nSPS) is 18.0. The van der Waals surface area contributed by atoms with Gasteiger partial charge in [-0.25, -0.2) is 4.79 Å². The Bertz CT molecular complexity index is 1060. The molecule has 3 rings (SSSR count). The summed E-state index contributed by atoms with van der Waals surface area (Å²) in [7, 11) is 0. The molecule has 3 atom stereocenters. The Morgan fingerprint density at radius 1 is 1.08 bits per heavy atom. The van der Waals surface area contributed by atoms with Gasteiger partial charge in [-0.05, 0) is 62.8 Å². The fraction of sp³-hybridized carbons (Fsp3) is 0.484. The SMILES string of the molecule is CC[C@H](C)[C@@H](C(=O)OC(C)(C)C)N1CCC(CN)=CC(Cc2ccc(OCc3ccccc3)cc2)C1=O. The second-order valence-corrected chi connectivity index (χ2v) is 10.9. The van der Waals surface area contributed by atoms with E-state index in [2.05, 4.69) is 0 Å². The quantitative estimate of drug-likeness (QED) is 0.349. The van der Waals surface area contributed by atoms with Crippen molar-refractivity contribution in [3.05, 3.63) is 77.4 Å². The Morgan fingerprint density at radius 3 is 2.35 bits per heavy atom. The molecule has 2 aromatic carbocycles. The van der Waals surface area contributed by atoms with E-state index >= 15 is 0 Å². The van der Waals surface area contributed by atoms with Gasteiger partial charge in [0.2, 0.25) is 5.91 Å². The van der Waals surface area contributed by atoms with Gasteiger partial charge in [0, 0.05) is 13.1 Å². The van der Waals surface area contributed by atoms with Crippen molar-refractivity contribution in [3.63, 3.8) is 0 Å². The Balaban J connectivity index is 1.77. The van der Waals surface area contributed by atoms with Gasteiger partial charge in [0.15, 0.2) is 0 Å². The first-order valence-electron chi connectivity index (χ1n) is 13.3. The van der Waals surface area contributed by atoms with E-state index in [1.165, 1.54) is 0 Å². The summed E-state index contributed by atoms with van der Waals surface area (Å²) in [6.07, 6.45) is 3.95. The van der Waals surface area contributed by atoms with Crippen LogP contribution in [0.3, 0.4) is 0 Å². The number of amides is 1. The lowest BCUT2D eigenvalue weighted by molar-refractivity contribution is -0.167. The molecule has 0 spiro atoms. The molecular formula is C31H42N2O4. The molecule has 6 nitrogen and oxygen atoms in total. The number of hydrogen-bond acceptors (Lipinski definition) is 5. The Kier molecular flexibility index (Phi) is 9.93. The maximum atomic E-state index is 13.9.